The van der Waals surface area contributed by atoms with E-state index in [0.29, 0.717) is 5.92 Å². The fourth-order valence-corrected chi connectivity index (χ4v) is 2.16. The van der Waals surface area contributed by atoms with Crippen LogP contribution in [-0.2, 0) is 9.59 Å². The van der Waals surface area contributed by atoms with E-state index in [1.165, 1.54) is 6.42 Å². The summed E-state index contributed by atoms with van der Waals surface area (Å²) < 4.78 is 0. The maximum atomic E-state index is 12.0. The van der Waals surface area contributed by atoms with Gasteiger partial charge in [0.25, 0.3) is 0 Å². The summed E-state index contributed by atoms with van der Waals surface area (Å²) in [4.78, 5) is 25.6. The molecular weight excluding hydrogens is 228 g/mol. The lowest BCUT2D eigenvalue weighted by Gasteiger charge is -2.32. The van der Waals surface area contributed by atoms with Crippen molar-refractivity contribution < 1.29 is 9.59 Å². The molecule has 4 nitrogen and oxygen atoms in total. The van der Waals surface area contributed by atoms with Crippen LogP contribution in [0.2, 0.25) is 0 Å². The van der Waals surface area contributed by atoms with Crippen LogP contribution < -0.4 is 5.32 Å². The van der Waals surface area contributed by atoms with Gasteiger partial charge in [-0.1, -0.05) is 34.1 Å². The number of carbonyl (C=O) groups is 2. The third-order valence-electron chi connectivity index (χ3n) is 3.53. The Morgan fingerprint density at radius 2 is 2.00 bits per heavy atom. The number of rotatable bonds is 3. The Balaban J connectivity index is 2.39. The van der Waals surface area contributed by atoms with E-state index >= 15 is 0 Å². The monoisotopic (exact) mass is 254 g/mol. The molecule has 0 aromatic heterocycles. The number of likely N-dealkylation sites (tertiary alicyclic amines) is 1. The van der Waals surface area contributed by atoms with Gasteiger partial charge in [-0.05, 0) is 18.8 Å². The molecule has 0 radical (unpaired) electrons. The quantitative estimate of drug-likeness (QED) is 0.835. The normalized spacial score (nSPS) is 20.7. The van der Waals surface area contributed by atoms with Crippen LogP contribution in [-0.4, -0.2) is 36.3 Å². The van der Waals surface area contributed by atoms with Crippen LogP contribution in [0.1, 0.15) is 47.0 Å². The van der Waals surface area contributed by atoms with Gasteiger partial charge < -0.3 is 10.2 Å². The van der Waals surface area contributed by atoms with Gasteiger partial charge in [-0.2, -0.15) is 0 Å². The molecule has 0 unspecified atom stereocenters. The van der Waals surface area contributed by atoms with E-state index in [9.17, 15) is 9.59 Å². The van der Waals surface area contributed by atoms with Crippen LogP contribution in [0.5, 0.6) is 0 Å². The lowest BCUT2D eigenvalue weighted by Crippen LogP contribution is -2.46. The van der Waals surface area contributed by atoms with Crippen molar-refractivity contribution in [3.8, 4) is 0 Å². The number of nitrogens with zero attached hydrogens (tertiary/aromatic N) is 1. The Hall–Kier alpha value is -1.06. The first-order valence-corrected chi connectivity index (χ1v) is 6.90. The van der Waals surface area contributed by atoms with E-state index in [2.05, 4.69) is 12.2 Å². The Bertz CT molecular complexity index is 307. The van der Waals surface area contributed by atoms with Crippen LogP contribution in [0.15, 0.2) is 0 Å². The van der Waals surface area contributed by atoms with Crippen molar-refractivity contribution in [2.24, 2.45) is 11.3 Å². The molecule has 0 aliphatic carbocycles. The number of carbonyl (C=O) groups excluding carboxylic acids is 2. The molecule has 18 heavy (non-hydrogen) atoms. The van der Waals surface area contributed by atoms with Crippen molar-refractivity contribution in [1.29, 1.82) is 0 Å². The summed E-state index contributed by atoms with van der Waals surface area (Å²) in [6.07, 6.45) is 3.42. The van der Waals surface area contributed by atoms with Crippen molar-refractivity contribution >= 4 is 11.8 Å². The summed E-state index contributed by atoms with van der Waals surface area (Å²) >= 11 is 0. The molecule has 1 heterocycles. The molecule has 4 heteroatoms. The van der Waals surface area contributed by atoms with E-state index in [4.69, 9.17) is 0 Å². The molecule has 0 saturated carbocycles. The molecular formula is C14H26N2O2. The molecule has 1 aliphatic heterocycles. The SMILES string of the molecule is CC[C@H]1CCCN(C(=O)CNC(=O)C(C)(C)C)C1. The lowest BCUT2D eigenvalue weighted by atomic mass is 9.95. The van der Waals surface area contributed by atoms with E-state index < -0.39 is 5.41 Å². The van der Waals surface area contributed by atoms with Gasteiger partial charge in [0.05, 0.1) is 6.54 Å². The minimum atomic E-state index is -0.436. The predicted octanol–water partition coefficient (Wildman–Crippen LogP) is 1.80. The molecule has 1 atom stereocenters. The minimum absolute atomic E-state index is 0.0470. The molecule has 0 spiro atoms. The Morgan fingerprint density at radius 1 is 1.33 bits per heavy atom. The van der Waals surface area contributed by atoms with Crippen molar-refractivity contribution in [2.45, 2.75) is 47.0 Å². The Labute approximate surface area is 110 Å². The van der Waals surface area contributed by atoms with Crippen molar-refractivity contribution in [1.82, 2.24) is 10.2 Å². The second-order valence-electron chi connectivity index (χ2n) is 6.19. The first kappa shape index (κ1) is 15.0. The molecule has 1 saturated heterocycles. The number of amides is 2. The van der Waals surface area contributed by atoms with E-state index in [1.807, 2.05) is 25.7 Å². The van der Waals surface area contributed by atoms with E-state index in [-0.39, 0.29) is 18.4 Å². The smallest absolute Gasteiger partial charge is 0.241 e. The summed E-state index contributed by atoms with van der Waals surface area (Å²) in [6, 6.07) is 0. The lowest BCUT2D eigenvalue weighted by molar-refractivity contribution is -0.136. The first-order chi connectivity index (χ1) is 8.34. The standard InChI is InChI=1S/C14H26N2O2/c1-5-11-7-6-8-16(10-11)12(17)9-15-13(18)14(2,3)4/h11H,5-10H2,1-4H3,(H,15,18)/t11-/m0/s1. The van der Waals surface area contributed by atoms with Crippen LogP contribution in [0.3, 0.4) is 0 Å². The van der Waals surface area contributed by atoms with Crippen LogP contribution >= 0.6 is 0 Å². The van der Waals surface area contributed by atoms with Gasteiger partial charge in [-0.15, -0.1) is 0 Å². The first-order valence-electron chi connectivity index (χ1n) is 6.90. The molecule has 0 aromatic carbocycles. The average molecular weight is 254 g/mol. The zero-order chi connectivity index (χ0) is 13.8. The average Bonchev–Trinajstić information content (AvgIpc) is 2.34. The largest absolute Gasteiger partial charge is 0.347 e. The highest BCUT2D eigenvalue weighted by molar-refractivity contribution is 5.87. The Kier molecular flexibility index (Phi) is 5.17. The van der Waals surface area contributed by atoms with Crippen LogP contribution in [0, 0.1) is 11.3 Å². The molecule has 0 bridgehead atoms. The zero-order valence-corrected chi connectivity index (χ0v) is 12.1. The van der Waals surface area contributed by atoms with Crippen molar-refractivity contribution in [3.63, 3.8) is 0 Å². The highest BCUT2D eigenvalue weighted by Gasteiger charge is 2.25. The minimum Gasteiger partial charge on any atom is -0.347 e. The van der Waals surface area contributed by atoms with Crippen LogP contribution in [0.25, 0.3) is 0 Å². The topological polar surface area (TPSA) is 49.4 Å². The molecule has 1 aliphatic rings. The number of hydrogen-bond acceptors (Lipinski definition) is 2. The number of nitrogens with one attached hydrogen (secondary N) is 1. The molecule has 1 rings (SSSR count). The maximum absolute atomic E-state index is 12.0. The predicted molar refractivity (Wildman–Crippen MR) is 72.1 cm³/mol. The summed E-state index contributed by atoms with van der Waals surface area (Å²) in [7, 11) is 0. The maximum Gasteiger partial charge on any atom is 0.241 e. The highest BCUT2D eigenvalue weighted by atomic mass is 16.2. The summed E-state index contributed by atoms with van der Waals surface area (Å²) in [5, 5.41) is 2.72. The van der Waals surface area contributed by atoms with E-state index in [0.717, 1.165) is 25.9 Å². The second-order valence-corrected chi connectivity index (χ2v) is 6.19. The molecule has 104 valence electrons. The van der Waals surface area contributed by atoms with Gasteiger partial charge in [0, 0.05) is 18.5 Å². The fraction of sp³-hybridized carbons (Fsp3) is 0.857. The zero-order valence-electron chi connectivity index (χ0n) is 12.1. The van der Waals surface area contributed by atoms with Gasteiger partial charge in [-0.25, -0.2) is 0 Å². The molecule has 1 fully saturated rings. The summed E-state index contributed by atoms with van der Waals surface area (Å²) in [5.41, 5.74) is -0.436. The van der Waals surface area contributed by atoms with Crippen LogP contribution in [0.4, 0.5) is 0 Å². The van der Waals surface area contributed by atoms with Gasteiger partial charge in [0.2, 0.25) is 11.8 Å². The van der Waals surface area contributed by atoms with Crippen molar-refractivity contribution in [2.75, 3.05) is 19.6 Å². The summed E-state index contributed by atoms with van der Waals surface area (Å²) in [6.45, 7) is 9.52. The molecule has 0 aromatic rings. The second kappa shape index (κ2) is 6.21. The number of piperidine rings is 1. The van der Waals surface area contributed by atoms with E-state index in [1.54, 1.807) is 0 Å². The van der Waals surface area contributed by atoms with Crippen molar-refractivity contribution in [3.05, 3.63) is 0 Å². The third kappa shape index (κ3) is 4.31. The van der Waals surface area contributed by atoms with Gasteiger partial charge >= 0.3 is 0 Å². The summed E-state index contributed by atoms with van der Waals surface area (Å²) in [5.74, 6) is 0.603. The Morgan fingerprint density at radius 3 is 2.56 bits per heavy atom. The van der Waals surface area contributed by atoms with Gasteiger partial charge in [-0.3, -0.25) is 9.59 Å². The van der Waals surface area contributed by atoms with Gasteiger partial charge in [0.15, 0.2) is 0 Å². The molecule has 2 amide bonds. The number of hydrogen-bond donors (Lipinski definition) is 1. The molecule has 1 N–H and O–H groups in total. The van der Waals surface area contributed by atoms with Gasteiger partial charge in [0.1, 0.15) is 0 Å². The third-order valence-corrected chi connectivity index (χ3v) is 3.53. The highest BCUT2D eigenvalue weighted by Crippen LogP contribution is 2.19. The fourth-order valence-electron chi connectivity index (χ4n) is 2.16.